The van der Waals surface area contributed by atoms with Crippen molar-refractivity contribution in [1.82, 2.24) is 4.98 Å². The maximum absolute atomic E-state index is 11.2. The molecule has 108 valence electrons. The first-order valence-corrected chi connectivity index (χ1v) is 6.53. The molecule has 0 aromatic carbocycles. The van der Waals surface area contributed by atoms with Gasteiger partial charge in [-0.25, -0.2) is 9.78 Å². The van der Waals surface area contributed by atoms with E-state index in [2.05, 4.69) is 17.2 Å². The van der Waals surface area contributed by atoms with Crippen LogP contribution in [0.1, 0.15) is 43.0 Å². The fraction of sp³-hybridized carbons (Fsp3) is 0.538. The van der Waals surface area contributed by atoms with Gasteiger partial charge < -0.3 is 10.4 Å². The van der Waals surface area contributed by atoms with Gasteiger partial charge in [-0.15, -0.1) is 0 Å². The largest absolute Gasteiger partial charge is 0.478 e. The van der Waals surface area contributed by atoms with E-state index in [4.69, 9.17) is 5.11 Å². The van der Waals surface area contributed by atoms with Crippen molar-refractivity contribution in [2.24, 2.45) is 5.41 Å². The van der Waals surface area contributed by atoms with E-state index in [1.807, 2.05) is 0 Å². The summed E-state index contributed by atoms with van der Waals surface area (Å²) >= 11 is 0. The summed E-state index contributed by atoms with van der Waals surface area (Å²) in [7, 11) is 0. The molecule has 0 amide bonds. The highest BCUT2D eigenvalue weighted by Crippen LogP contribution is 2.37. The first-order chi connectivity index (χ1) is 9.41. The normalized spacial score (nSPS) is 16.9. The molecular formula is C13H17N3O4. The summed E-state index contributed by atoms with van der Waals surface area (Å²) in [6.07, 6.45) is 5.62. The zero-order valence-electron chi connectivity index (χ0n) is 11.3. The summed E-state index contributed by atoms with van der Waals surface area (Å²) in [4.78, 5) is 25.1. The zero-order chi connectivity index (χ0) is 14.8. The molecule has 20 heavy (non-hydrogen) atoms. The Morgan fingerprint density at radius 1 is 1.55 bits per heavy atom. The average molecular weight is 279 g/mol. The van der Waals surface area contributed by atoms with Crippen molar-refractivity contribution >= 4 is 17.5 Å². The number of anilines is 1. The van der Waals surface area contributed by atoms with E-state index in [0.29, 0.717) is 6.54 Å². The first-order valence-electron chi connectivity index (χ1n) is 6.53. The van der Waals surface area contributed by atoms with Crippen LogP contribution in [0.3, 0.4) is 0 Å². The molecule has 0 unspecified atom stereocenters. The minimum Gasteiger partial charge on any atom is -0.478 e. The number of hydrogen-bond donors (Lipinski definition) is 2. The number of carboxylic acid groups (broad SMARTS) is 1. The van der Waals surface area contributed by atoms with Crippen LogP contribution in [0.4, 0.5) is 11.5 Å². The monoisotopic (exact) mass is 279 g/mol. The average Bonchev–Trinajstić information content (AvgIpc) is 2.83. The number of nitro groups is 1. The van der Waals surface area contributed by atoms with Crippen molar-refractivity contribution in [1.29, 1.82) is 0 Å². The standard InChI is InChI=1S/C13H17N3O4/c1-13(4-2-3-5-13)8-15-11-10(12(17)18)6-9(7-14-11)16(19)20/h6-7H,2-5,8H2,1H3,(H,14,15)(H,17,18). The van der Waals surface area contributed by atoms with Crippen LogP contribution in [-0.4, -0.2) is 27.5 Å². The number of aromatic nitrogens is 1. The number of nitrogens with zero attached hydrogens (tertiary/aromatic N) is 2. The van der Waals surface area contributed by atoms with E-state index in [0.717, 1.165) is 25.1 Å². The van der Waals surface area contributed by atoms with E-state index in [1.165, 1.54) is 12.8 Å². The molecule has 2 rings (SSSR count). The van der Waals surface area contributed by atoms with Gasteiger partial charge in [0.25, 0.3) is 5.69 Å². The quantitative estimate of drug-likeness (QED) is 0.634. The molecule has 7 heteroatoms. The molecule has 1 aromatic heterocycles. The molecule has 0 spiro atoms. The Morgan fingerprint density at radius 3 is 2.75 bits per heavy atom. The molecule has 0 bridgehead atoms. The van der Waals surface area contributed by atoms with E-state index in [-0.39, 0.29) is 22.5 Å². The fourth-order valence-electron chi connectivity index (χ4n) is 2.56. The maximum atomic E-state index is 11.2. The van der Waals surface area contributed by atoms with Crippen LogP contribution in [0.25, 0.3) is 0 Å². The third-order valence-electron chi connectivity index (χ3n) is 3.81. The zero-order valence-corrected chi connectivity index (χ0v) is 11.3. The van der Waals surface area contributed by atoms with Crippen molar-refractivity contribution in [3.63, 3.8) is 0 Å². The van der Waals surface area contributed by atoms with Gasteiger partial charge in [0.2, 0.25) is 0 Å². The predicted molar refractivity (Wildman–Crippen MR) is 72.9 cm³/mol. The lowest BCUT2D eigenvalue weighted by molar-refractivity contribution is -0.385. The molecule has 0 atom stereocenters. The molecular weight excluding hydrogens is 262 g/mol. The van der Waals surface area contributed by atoms with Gasteiger partial charge in [-0.2, -0.15) is 0 Å². The third-order valence-corrected chi connectivity index (χ3v) is 3.81. The van der Waals surface area contributed by atoms with Crippen LogP contribution < -0.4 is 5.32 Å². The highest BCUT2D eigenvalue weighted by atomic mass is 16.6. The summed E-state index contributed by atoms with van der Waals surface area (Å²) in [5, 5.41) is 22.8. The van der Waals surface area contributed by atoms with Gasteiger partial charge in [-0.1, -0.05) is 19.8 Å². The second kappa shape index (κ2) is 5.44. The molecule has 1 heterocycles. The van der Waals surface area contributed by atoms with Gasteiger partial charge >= 0.3 is 5.97 Å². The van der Waals surface area contributed by atoms with Crippen LogP contribution >= 0.6 is 0 Å². The van der Waals surface area contributed by atoms with Gasteiger partial charge in [0.05, 0.1) is 4.92 Å². The van der Waals surface area contributed by atoms with Crippen LogP contribution in [0.5, 0.6) is 0 Å². The van der Waals surface area contributed by atoms with E-state index >= 15 is 0 Å². The van der Waals surface area contributed by atoms with Gasteiger partial charge in [0.1, 0.15) is 17.6 Å². The minimum absolute atomic E-state index is 0.138. The second-order valence-electron chi connectivity index (χ2n) is 5.52. The van der Waals surface area contributed by atoms with Crippen molar-refractivity contribution in [2.75, 3.05) is 11.9 Å². The van der Waals surface area contributed by atoms with Crippen LogP contribution in [0.2, 0.25) is 0 Å². The van der Waals surface area contributed by atoms with E-state index < -0.39 is 10.9 Å². The number of hydrogen-bond acceptors (Lipinski definition) is 5. The smallest absolute Gasteiger partial charge is 0.339 e. The number of carbonyl (C=O) groups is 1. The number of rotatable bonds is 5. The van der Waals surface area contributed by atoms with Crippen LogP contribution in [0, 0.1) is 15.5 Å². The fourth-order valence-corrected chi connectivity index (χ4v) is 2.56. The Hall–Kier alpha value is -2.18. The molecule has 1 aliphatic carbocycles. The highest BCUT2D eigenvalue weighted by molar-refractivity contribution is 5.93. The SMILES string of the molecule is CC1(CNc2ncc([N+](=O)[O-])cc2C(=O)O)CCCC1. The number of nitrogens with one attached hydrogen (secondary N) is 1. The van der Waals surface area contributed by atoms with Gasteiger partial charge in [0.15, 0.2) is 0 Å². The van der Waals surface area contributed by atoms with Crippen LogP contribution in [-0.2, 0) is 0 Å². The Bertz CT molecular complexity index is 538. The van der Waals surface area contributed by atoms with Crippen molar-refractivity contribution in [3.05, 3.63) is 27.9 Å². The Labute approximate surface area is 116 Å². The van der Waals surface area contributed by atoms with Gasteiger partial charge in [-0.3, -0.25) is 10.1 Å². The minimum atomic E-state index is -1.22. The molecule has 0 saturated heterocycles. The molecule has 1 saturated carbocycles. The van der Waals surface area contributed by atoms with Gasteiger partial charge in [-0.05, 0) is 18.3 Å². The maximum Gasteiger partial charge on any atom is 0.339 e. The molecule has 2 N–H and O–H groups in total. The second-order valence-corrected chi connectivity index (χ2v) is 5.52. The predicted octanol–water partition coefficient (Wildman–Crippen LogP) is 2.68. The third kappa shape index (κ3) is 3.04. The number of pyridine rings is 1. The Balaban J connectivity index is 2.18. The lowest BCUT2D eigenvalue weighted by Gasteiger charge is -2.24. The first kappa shape index (κ1) is 14.2. The lowest BCUT2D eigenvalue weighted by atomic mass is 9.89. The molecule has 1 aliphatic rings. The molecule has 1 aromatic rings. The number of carboxylic acids is 1. The number of aromatic carboxylic acids is 1. The van der Waals surface area contributed by atoms with Crippen LogP contribution in [0.15, 0.2) is 12.3 Å². The molecule has 1 fully saturated rings. The van der Waals surface area contributed by atoms with Gasteiger partial charge in [0, 0.05) is 12.6 Å². The summed E-state index contributed by atoms with van der Waals surface area (Å²) in [6, 6.07) is 1.04. The molecule has 0 aliphatic heterocycles. The van der Waals surface area contributed by atoms with E-state index in [1.54, 1.807) is 0 Å². The van der Waals surface area contributed by atoms with Crippen molar-refractivity contribution < 1.29 is 14.8 Å². The molecule has 7 nitrogen and oxygen atoms in total. The Morgan fingerprint density at radius 2 is 2.20 bits per heavy atom. The summed E-state index contributed by atoms with van der Waals surface area (Å²) in [5.41, 5.74) is -0.347. The topological polar surface area (TPSA) is 105 Å². The Kier molecular flexibility index (Phi) is 3.87. The molecule has 0 radical (unpaired) electrons. The lowest BCUT2D eigenvalue weighted by Crippen LogP contribution is -2.24. The summed E-state index contributed by atoms with van der Waals surface area (Å²) in [6.45, 7) is 2.77. The summed E-state index contributed by atoms with van der Waals surface area (Å²) < 4.78 is 0. The van der Waals surface area contributed by atoms with Crippen molar-refractivity contribution in [2.45, 2.75) is 32.6 Å². The van der Waals surface area contributed by atoms with Crippen molar-refractivity contribution in [3.8, 4) is 0 Å². The highest BCUT2D eigenvalue weighted by Gasteiger charge is 2.29. The van der Waals surface area contributed by atoms with E-state index in [9.17, 15) is 14.9 Å². The summed E-state index contributed by atoms with van der Waals surface area (Å²) in [5.74, 6) is -1.03.